The average molecular weight is 269 g/mol. The van der Waals surface area contributed by atoms with E-state index in [9.17, 15) is 4.79 Å². The molecule has 0 radical (unpaired) electrons. The van der Waals surface area contributed by atoms with Crippen LogP contribution in [-0.2, 0) is 20.0 Å². The molecule has 0 saturated heterocycles. The predicted octanol–water partition coefficient (Wildman–Crippen LogP) is 0.778. The highest BCUT2D eigenvalue weighted by Crippen LogP contribution is 2.09. The maximum Gasteiger partial charge on any atom is 0.431 e. The minimum Gasteiger partial charge on any atom is -0.307 e. The van der Waals surface area contributed by atoms with Crippen LogP contribution in [0.3, 0.4) is 0 Å². The molecule has 0 aliphatic heterocycles. The number of aryl methyl sites for hydroxylation is 1. The zero-order chi connectivity index (χ0) is 13.0. The van der Waals surface area contributed by atoms with E-state index in [1.807, 2.05) is 24.3 Å². The Bertz CT molecular complexity index is 559. The molecule has 2 aromatic rings. The fourth-order valence-electron chi connectivity index (χ4n) is 1.64. The summed E-state index contributed by atoms with van der Waals surface area (Å²) in [5.74, 6) is 0. The molecule has 2 N–H and O–H groups in total. The lowest BCUT2D eigenvalue weighted by Crippen LogP contribution is -2.39. The molecule has 0 aliphatic rings. The van der Waals surface area contributed by atoms with Crippen LogP contribution in [-0.4, -0.2) is 11.8 Å². The number of aromatic amines is 1. The number of halogens is 1. The van der Waals surface area contributed by atoms with Crippen LogP contribution < -0.4 is 15.6 Å². The first-order valence-corrected chi connectivity index (χ1v) is 6.06. The first-order chi connectivity index (χ1) is 8.66. The van der Waals surface area contributed by atoms with Crippen molar-refractivity contribution in [2.24, 2.45) is 7.05 Å². The Morgan fingerprint density at radius 3 is 2.72 bits per heavy atom. The highest BCUT2D eigenvalue weighted by molar-refractivity contribution is 6.30. The van der Waals surface area contributed by atoms with Crippen molar-refractivity contribution < 1.29 is 9.20 Å². The van der Waals surface area contributed by atoms with Crippen LogP contribution in [0.15, 0.2) is 33.6 Å². The van der Waals surface area contributed by atoms with Crippen LogP contribution in [0, 0.1) is 0 Å². The number of H-pyrrole nitrogens is 1. The summed E-state index contributed by atoms with van der Waals surface area (Å²) in [5.41, 5.74) is 1.44. The van der Waals surface area contributed by atoms with E-state index in [0.717, 1.165) is 18.0 Å². The van der Waals surface area contributed by atoms with E-state index in [-0.39, 0.29) is 5.63 Å². The molecule has 0 amide bonds. The van der Waals surface area contributed by atoms with Crippen molar-refractivity contribution in [3.8, 4) is 0 Å². The molecule has 0 atom stereocenters. The third-order valence-electron chi connectivity index (χ3n) is 2.71. The molecule has 1 heterocycles. The lowest BCUT2D eigenvalue weighted by molar-refractivity contribution is -0.746. The molecular formula is C12H15ClN3O2+. The molecule has 0 saturated carbocycles. The van der Waals surface area contributed by atoms with Crippen LogP contribution in [0.4, 0.5) is 0 Å². The van der Waals surface area contributed by atoms with Gasteiger partial charge in [0.2, 0.25) is 0 Å². The monoisotopic (exact) mass is 268 g/mol. The summed E-state index contributed by atoms with van der Waals surface area (Å²) < 4.78 is 6.22. The summed E-state index contributed by atoms with van der Waals surface area (Å²) in [6.45, 7) is 1.27. The summed E-state index contributed by atoms with van der Waals surface area (Å²) in [4.78, 5) is 11.3. The van der Waals surface area contributed by atoms with Gasteiger partial charge in [-0.05, 0) is 35.9 Å². The van der Waals surface area contributed by atoms with Gasteiger partial charge in [0, 0.05) is 5.02 Å². The van der Waals surface area contributed by atoms with E-state index in [1.165, 1.54) is 5.56 Å². The molecule has 0 bridgehead atoms. The second-order valence-electron chi connectivity index (χ2n) is 4.04. The van der Waals surface area contributed by atoms with Crippen molar-refractivity contribution in [3.05, 3.63) is 51.0 Å². The number of aromatic nitrogens is 2. The second kappa shape index (κ2) is 5.84. The Labute approximate surface area is 109 Å². The standard InChI is InChI=1S/C12H14ClN3O2/c1-16-11(12(17)18-15-16)8-14-7-6-9-2-4-10(13)5-3-9/h2-5,14H,6-8H2,1H3/p+1. The molecule has 96 valence electrons. The summed E-state index contributed by atoms with van der Waals surface area (Å²) >= 11 is 5.81. The minimum atomic E-state index is -0.337. The lowest BCUT2D eigenvalue weighted by atomic mass is 10.1. The van der Waals surface area contributed by atoms with Gasteiger partial charge in [-0.25, -0.2) is 4.79 Å². The van der Waals surface area contributed by atoms with E-state index >= 15 is 0 Å². The van der Waals surface area contributed by atoms with Crippen LogP contribution in [0.1, 0.15) is 11.3 Å². The Balaban J connectivity index is 1.80. The number of rotatable bonds is 5. The molecule has 0 aliphatic carbocycles. The van der Waals surface area contributed by atoms with Crippen molar-refractivity contribution in [3.63, 3.8) is 0 Å². The number of benzene rings is 1. The first-order valence-electron chi connectivity index (χ1n) is 5.68. The Hall–Kier alpha value is -1.59. The van der Waals surface area contributed by atoms with Gasteiger partial charge in [-0.2, -0.15) is 0 Å². The molecule has 5 nitrogen and oxygen atoms in total. The fourth-order valence-corrected chi connectivity index (χ4v) is 1.77. The van der Waals surface area contributed by atoms with Crippen LogP contribution in [0.2, 0.25) is 5.02 Å². The highest BCUT2D eigenvalue weighted by atomic mass is 35.5. The van der Waals surface area contributed by atoms with Crippen molar-refractivity contribution in [2.75, 3.05) is 6.54 Å². The van der Waals surface area contributed by atoms with Gasteiger partial charge >= 0.3 is 11.3 Å². The molecule has 2 rings (SSSR count). The van der Waals surface area contributed by atoms with Gasteiger partial charge in [-0.15, -0.1) is 0 Å². The number of nitrogens with one attached hydrogen (secondary N) is 2. The van der Waals surface area contributed by atoms with Crippen LogP contribution >= 0.6 is 11.6 Å². The molecule has 18 heavy (non-hydrogen) atoms. The molecule has 1 aromatic carbocycles. The molecule has 6 heteroatoms. The van der Waals surface area contributed by atoms with Crippen LogP contribution in [0.5, 0.6) is 0 Å². The van der Waals surface area contributed by atoms with Crippen molar-refractivity contribution in [1.82, 2.24) is 10.6 Å². The minimum absolute atomic E-state index is 0.337. The zero-order valence-electron chi connectivity index (χ0n) is 10.1. The van der Waals surface area contributed by atoms with E-state index in [2.05, 4.69) is 15.1 Å². The van der Waals surface area contributed by atoms with Gasteiger partial charge in [0.1, 0.15) is 0 Å². The van der Waals surface area contributed by atoms with Gasteiger partial charge in [-0.1, -0.05) is 28.4 Å². The SMILES string of the molecule is C[n+]1[nH]oc(=O)c1CNCCc1ccc(Cl)cc1. The van der Waals surface area contributed by atoms with Gasteiger partial charge in [0.15, 0.2) is 7.05 Å². The average Bonchev–Trinajstić information content (AvgIpc) is 2.68. The molecule has 0 spiro atoms. The van der Waals surface area contributed by atoms with Crippen molar-refractivity contribution in [1.29, 1.82) is 0 Å². The lowest BCUT2D eigenvalue weighted by Gasteiger charge is -2.01. The Kier molecular flexibility index (Phi) is 4.17. The molecule has 0 unspecified atom stereocenters. The normalized spacial score (nSPS) is 10.8. The number of hydrogen-bond acceptors (Lipinski definition) is 3. The van der Waals surface area contributed by atoms with Gasteiger partial charge in [0.25, 0.3) is 0 Å². The van der Waals surface area contributed by atoms with Crippen molar-refractivity contribution in [2.45, 2.75) is 13.0 Å². The third kappa shape index (κ3) is 3.21. The summed E-state index contributed by atoms with van der Waals surface area (Å²) in [6, 6.07) is 7.73. The third-order valence-corrected chi connectivity index (χ3v) is 2.96. The largest absolute Gasteiger partial charge is 0.431 e. The Morgan fingerprint density at radius 2 is 2.11 bits per heavy atom. The van der Waals surface area contributed by atoms with E-state index < -0.39 is 0 Å². The van der Waals surface area contributed by atoms with Gasteiger partial charge in [-0.3, -0.25) is 4.52 Å². The van der Waals surface area contributed by atoms with Gasteiger partial charge in [0.05, 0.1) is 6.54 Å². The Morgan fingerprint density at radius 1 is 1.39 bits per heavy atom. The predicted molar refractivity (Wildman–Crippen MR) is 67.4 cm³/mol. The molecular weight excluding hydrogens is 254 g/mol. The van der Waals surface area contributed by atoms with E-state index in [4.69, 9.17) is 11.6 Å². The number of nitrogens with zero attached hydrogens (tertiary/aromatic N) is 1. The summed E-state index contributed by atoms with van der Waals surface area (Å²) in [6.07, 6.45) is 0.886. The second-order valence-corrected chi connectivity index (χ2v) is 4.48. The molecule has 1 aromatic heterocycles. The van der Waals surface area contributed by atoms with Crippen molar-refractivity contribution >= 4 is 11.6 Å². The first kappa shape index (κ1) is 12.9. The van der Waals surface area contributed by atoms with Gasteiger partial charge < -0.3 is 5.32 Å². The quantitative estimate of drug-likeness (QED) is 0.622. The topological polar surface area (TPSA) is 61.9 Å². The maximum absolute atomic E-state index is 11.3. The number of hydrogen-bond donors (Lipinski definition) is 2. The fraction of sp³-hybridized carbons (Fsp3) is 0.333. The highest BCUT2D eigenvalue weighted by Gasteiger charge is 2.15. The van der Waals surface area contributed by atoms with E-state index in [0.29, 0.717) is 12.2 Å². The molecule has 0 fully saturated rings. The maximum atomic E-state index is 11.3. The summed E-state index contributed by atoms with van der Waals surface area (Å²) in [7, 11) is 1.74. The zero-order valence-corrected chi connectivity index (χ0v) is 10.8. The van der Waals surface area contributed by atoms with E-state index in [1.54, 1.807) is 11.7 Å². The summed E-state index contributed by atoms with van der Waals surface area (Å²) in [5, 5.41) is 6.41. The smallest absolute Gasteiger partial charge is 0.307 e. The van der Waals surface area contributed by atoms with Crippen LogP contribution in [0.25, 0.3) is 0 Å².